The molecule has 0 aliphatic carbocycles. The van der Waals surface area contributed by atoms with Gasteiger partial charge in [0.2, 0.25) is 0 Å². The molecule has 6 nitrogen and oxygen atoms in total. The summed E-state index contributed by atoms with van der Waals surface area (Å²) < 4.78 is 27.4. The summed E-state index contributed by atoms with van der Waals surface area (Å²) in [6.07, 6.45) is 0.918. The Labute approximate surface area is 154 Å². The van der Waals surface area contributed by atoms with E-state index in [4.69, 9.17) is 23.7 Å². The first-order chi connectivity index (χ1) is 12.7. The van der Waals surface area contributed by atoms with Gasteiger partial charge in [-0.3, -0.25) is 0 Å². The Morgan fingerprint density at radius 2 is 1.15 bits per heavy atom. The van der Waals surface area contributed by atoms with Crippen molar-refractivity contribution in [1.82, 2.24) is 5.32 Å². The van der Waals surface area contributed by atoms with Crippen LogP contribution in [0.25, 0.3) is 0 Å². The van der Waals surface area contributed by atoms with Crippen LogP contribution >= 0.6 is 0 Å². The lowest BCUT2D eigenvalue weighted by molar-refractivity contribution is 0.345. The van der Waals surface area contributed by atoms with Crippen molar-refractivity contribution in [3.8, 4) is 28.7 Å². The highest BCUT2D eigenvalue weighted by atomic mass is 16.5. The first-order valence-corrected chi connectivity index (χ1v) is 8.44. The van der Waals surface area contributed by atoms with Gasteiger partial charge in [-0.25, -0.2) is 0 Å². The highest BCUT2D eigenvalue weighted by Gasteiger charge is 2.27. The van der Waals surface area contributed by atoms with Crippen molar-refractivity contribution in [3.63, 3.8) is 0 Å². The smallest absolute Gasteiger partial charge is 0.164 e. The largest absolute Gasteiger partial charge is 0.496 e. The second-order valence-corrected chi connectivity index (χ2v) is 5.99. The highest BCUT2D eigenvalue weighted by Crippen LogP contribution is 2.43. The van der Waals surface area contributed by atoms with Gasteiger partial charge in [0, 0.05) is 18.2 Å². The van der Waals surface area contributed by atoms with Crippen molar-refractivity contribution >= 4 is 0 Å². The summed E-state index contributed by atoms with van der Waals surface area (Å²) in [4.78, 5) is 0. The van der Waals surface area contributed by atoms with Gasteiger partial charge in [-0.15, -0.1) is 0 Å². The van der Waals surface area contributed by atoms with Gasteiger partial charge < -0.3 is 29.0 Å². The van der Waals surface area contributed by atoms with Crippen molar-refractivity contribution in [1.29, 1.82) is 0 Å². The van der Waals surface area contributed by atoms with Gasteiger partial charge >= 0.3 is 0 Å². The first kappa shape index (κ1) is 18.2. The molecule has 1 atom stereocenters. The molecule has 0 aromatic heterocycles. The molecule has 0 bridgehead atoms. The number of hydrogen-bond acceptors (Lipinski definition) is 6. The summed E-state index contributed by atoms with van der Waals surface area (Å²) in [6.45, 7) is 0.852. The molecule has 0 amide bonds. The Hall–Kier alpha value is -2.60. The van der Waals surface area contributed by atoms with E-state index in [0.717, 1.165) is 35.6 Å². The van der Waals surface area contributed by atoms with E-state index >= 15 is 0 Å². The highest BCUT2D eigenvalue weighted by molar-refractivity contribution is 5.57. The Morgan fingerprint density at radius 1 is 0.654 bits per heavy atom. The SMILES string of the molecule is COc1cc2c(cc1OC)C(c1cc(OC)c(OC)cc1OC)NCC2. The van der Waals surface area contributed by atoms with E-state index in [1.165, 1.54) is 5.56 Å². The average molecular weight is 359 g/mol. The zero-order valence-corrected chi connectivity index (χ0v) is 15.8. The standard InChI is InChI=1S/C20H25NO5/c1-22-15-11-19(26-5)18(25-4)10-14(15)20-13-9-17(24-3)16(23-2)8-12(13)6-7-21-20/h8-11,20-21H,6-7H2,1-5H3. The molecule has 2 aromatic carbocycles. The fraction of sp³-hybridized carbons (Fsp3) is 0.400. The van der Waals surface area contributed by atoms with Crippen LogP contribution in [0.4, 0.5) is 0 Å². The zero-order chi connectivity index (χ0) is 18.7. The molecule has 140 valence electrons. The number of nitrogens with one attached hydrogen (secondary N) is 1. The van der Waals surface area contributed by atoms with Crippen molar-refractivity contribution in [2.45, 2.75) is 12.5 Å². The van der Waals surface area contributed by atoms with E-state index in [1.807, 2.05) is 18.2 Å². The minimum atomic E-state index is -0.0479. The molecule has 0 spiro atoms. The van der Waals surface area contributed by atoms with Crippen LogP contribution in [0.1, 0.15) is 22.7 Å². The van der Waals surface area contributed by atoms with Gasteiger partial charge in [0.15, 0.2) is 23.0 Å². The molecule has 1 aliphatic heterocycles. The van der Waals surface area contributed by atoms with Gasteiger partial charge in [-0.2, -0.15) is 0 Å². The van der Waals surface area contributed by atoms with Gasteiger partial charge in [-0.1, -0.05) is 0 Å². The van der Waals surface area contributed by atoms with E-state index in [-0.39, 0.29) is 6.04 Å². The maximum absolute atomic E-state index is 5.63. The van der Waals surface area contributed by atoms with E-state index < -0.39 is 0 Å². The van der Waals surface area contributed by atoms with Gasteiger partial charge in [0.05, 0.1) is 41.6 Å². The molecule has 6 heteroatoms. The summed E-state index contributed by atoms with van der Waals surface area (Å²) in [5.74, 6) is 3.49. The summed E-state index contributed by atoms with van der Waals surface area (Å²) in [6, 6.07) is 7.84. The summed E-state index contributed by atoms with van der Waals surface area (Å²) in [5.41, 5.74) is 3.35. The lowest BCUT2D eigenvalue weighted by atomic mass is 9.88. The van der Waals surface area contributed by atoms with E-state index in [1.54, 1.807) is 35.5 Å². The van der Waals surface area contributed by atoms with Gasteiger partial charge in [0.1, 0.15) is 5.75 Å². The Morgan fingerprint density at radius 3 is 1.73 bits per heavy atom. The summed E-state index contributed by atoms with van der Waals surface area (Å²) >= 11 is 0. The second kappa shape index (κ2) is 7.74. The Kier molecular flexibility index (Phi) is 5.42. The van der Waals surface area contributed by atoms with Crippen LogP contribution < -0.4 is 29.0 Å². The molecule has 0 fully saturated rings. The third kappa shape index (κ3) is 3.12. The molecule has 0 saturated carbocycles. The molecule has 1 unspecified atom stereocenters. The van der Waals surface area contributed by atoms with E-state index in [9.17, 15) is 0 Å². The van der Waals surface area contributed by atoms with E-state index in [0.29, 0.717) is 17.2 Å². The number of fused-ring (bicyclic) bond motifs is 1. The molecule has 3 rings (SSSR count). The molecule has 0 radical (unpaired) electrons. The summed E-state index contributed by atoms with van der Waals surface area (Å²) in [7, 11) is 8.20. The van der Waals surface area contributed by atoms with Gasteiger partial charge in [-0.05, 0) is 35.7 Å². The quantitative estimate of drug-likeness (QED) is 0.856. The van der Waals surface area contributed by atoms with Crippen molar-refractivity contribution in [3.05, 3.63) is 41.0 Å². The summed E-state index contributed by atoms with van der Waals surface area (Å²) in [5, 5.41) is 3.57. The maximum atomic E-state index is 5.63. The molecule has 2 aromatic rings. The zero-order valence-electron chi connectivity index (χ0n) is 15.8. The van der Waals surface area contributed by atoms with Crippen LogP contribution in [0.2, 0.25) is 0 Å². The van der Waals surface area contributed by atoms with Crippen LogP contribution in [0.5, 0.6) is 28.7 Å². The van der Waals surface area contributed by atoms with Crippen LogP contribution in [0.3, 0.4) is 0 Å². The number of ether oxygens (including phenoxy) is 5. The number of benzene rings is 2. The average Bonchev–Trinajstić information content (AvgIpc) is 2.70. The molecule has 0 saturated heterocycles. The normalized spacial score (nSPS) is 15.8. The number of rotatable bonds is 6. The third-order valence-corrected chi connectivity index (χ3v) is 4.75. The van der Waals surface area contributed by atoms with Crippen LogP contribution in [0.15, 0.2) is 24.3 Å². The van der Waals surface area contributed by atoms with Crippen LogP contribution in [-0.4, -0.2) is 42.1 Å². The van der Waals surface area contributed by atoms with Crippen molar-refractivity contribution in [2.75, 3.05) is 42.1 Å². The topological polar surface area (TPSA) is 58.2 Å². The fourth-order valence-corrected chi connectivity index (χ4v) is 3.44. The minimum Gasteiger partial charge on any atom is -0.496 e. The molecule has 1 N–H and O–H groups in total. The van der Waals surface area contributed by atoms with E-state index in [2.05, 4.69) is 11.4 Å². The Bertz CT molecular complexity index is 790. The molecule has 1 aliphatic rings. The van der Waals surface area contributed by atoms with Gasteiger partial charge in [0.25, 0.3) is 0 Å². The predicted molar refractivity (Wildman–Crippen MR) is 99.2 cm³/mol. The Balaban J connectivity index is 2.15. The monoisotopic (exact) mass is 359 g/mol. The van der Waals surface area contributed by atoms with Crippen LogP contribution in [-0.2, 0) is 6.42 Å². The molecule has 1 heterocycles. The second-order valence-electron chi connectivity index (χ2n) is 5.99. The lowest BCUT2D eigenvalue weighted by Gasteiger charge is -2.30. The maximum Gasteiger partial charge on any atom is 0.164 e. The van der Waals surface area contributed by atoms with Crippen molar-refractivity contribution < 1.29 is 23.7 Å². The number of hydrogen-bond donors (Lipinski definition) is 1. The molecule has 26 heavy (non-hydrogen) atoms. The third-order valence-electron chi connectivity index (χ3n) is 4.75. The van der Waals surface area contributed by atoms with Crippen molar-refractivity contribution in [2.24, 2.45) is 0 Å². The lowest BCUT2D eigenvalue weighted by Crippen LogP contribution is -2.31. The fourth-order valence-electron chi connectivity index (χ4n) is 3.44. The molecular weight excluding hydrogens is 334 g/mol. The minimum absolute atomic E-state index is 0.0479. The molecular formula is C20H25NO5. The predicted octanol–water partition coefficient (Wildman–Crippen LogP) is 2.96. The first-order valence-electron chi connectivity index (χ1n) is 8.44. The number of methoxy groups -OCH3 is 5. The van der Waals surface area contributed by atoms with Crippen LogP contribution in [0, 0.1) is 0 Å².